The molecule has 0 atom stereocenters. The van der Waals surface area contributed by atoms with Crippen molar-refractivity contribution in [3.05, 3.63) is 69.8 Å². The van der Waals surface area contributed by atoms with Crippen LogP contribution in [0.3, 0.4) is 0 Å². The van der Waals surface area contributed by atoms with E-state index in [4.69, 9.17) is 27.9 Å². The lowest BCUT2D eigenvalue weighted by atomic mass is 10.1. The van der Waals surface area contributed by atoms with Crippen molar-refractivity contribution in [3.8, 4) is 6.07 Å². The van der Waals surface area contributed by atoms with Crippen molar-refractivity contribution in [2.24, 2.45) is 0 Å². The van der Waals surface area contributed by atoms with E-state index < -0.39 is 11.9 Å². The summed E-state index contributed by atoms with van der Waals surface area (Å²) in [4.78, 5) is 24.7. The van der Waals surface area contributed by atoms with E-state index >= 15 is 0 Å². The quantitative estimate of drug-likeness (QED) is 0.252. The van der Waals surface area contributed by atoms with Crippen molar-refractivity contribution in [3.63, 3.8) is 0 Å². The Labute approximate surface area is 179 Å². The van der Waals surface area contributed by atoms with Gasteiger partial charge in [-0.25, -0.2) is 4.79 Å². The van der Waals surface area contributed by atoms with Crippen LogP contribution in [0.2, 0.25) is 10.0 Å². The first-order chi connectivity index (χ1) is 14.0. The number of unbranched alkanes of at least 4 members (excludes halogenated alkanes) is 1. The van der Waals surface area contributed by atoms with Gasteiger partial charge in [-0.2, -0.15) is 5.26 Å². The van der Waals surface area contributed by atoms with Gasteiger partial charge in [0.2, 0.25) is 0 Å². The Balaban J connectivity index is 2.14. The Hall–Kier alpha value is -3.01. The molecule has 1 amide bonds. The highest BCUT2D eigenvalue weighted by Crippen LogP contribution is 2.25. The van der Waals surface area contributed by atoms with Crippen LogP contribution in [0.5, 0.6) is 0 Å². The number of nitriles is 1. The number of carbonyl (C=O) groups excluding carboxylic acids is 2. The van der Waals surface area contributed by atoms with E-state index in [1.165, 1.54) is 6.20 Å². The monoisotopic (exact) mass is 431 g/mol. The van der Waals surface area contributed by atoms with Gasteiger partial charge in [-0.1, -0.05) is 48.7 Å². The predicted octanol–water partition coefficient (Wildman–Crippen LogP) is 5.41. The summed E-state index contributed by atoms with van der Waals surface area (Å²) in [6.45, 7) is 2.29. The fourth-order valence-corrected chi connectivity index (χ4v) is 2.60. The number of esters is 1. The van der Waals surface area contributed by atoms with Gasteiger partial charge < -0.3 is 15.4 Å². The third kappa shape index (κ3) is 6.53. The van der Waals surface area contributed by atoms with Gasteiger partial charge in [-0.05, 0) is 36.8 Å². The van der Waals surface area contributed by atoms with Crippen molar-refractivity contribution in [2.45, 2.75) is 19.8 Å². The molecule has 2 aromatic carbocycles. The molecular weight excluding hydrogens is 413 g/mol. The number of halogens is 2. The zero-order valence-corrected chi connectivity index (χ0v) is 17.2. The normalized spacial score (nSPS) is 10.8. The summed E-state index contributed by atoms with van der Waals surface area (Å²) in [5, 5.41) is 15.5. The molecule has 2 aromatic rings. The number of para-hydroxylation sites is 1. The highest BCUT2D eigenvalue weighted by molar-refractivity contribution is 6.35. The summed E-state index contributed by atoms with van der Waals surface area (Å²) < 4.78 is 5.20. The summed E-state index contributed by atoms with van der Waals surface area (Å²) in [5.74, 6) is -1.23. The van der Waals surface area contributed by atoms with Gasteiger partial charge in [0.1, 0.15) is 11.6 Å². The van der Waals surface area contributed by atoms with Gasteiger partial charge in [-0.15, -0.1) is 0 Å². The van der Waals surface area contributed by atoms with Gasteiger partial charge in [0.05, 0.1) is 28.6 Å². The molecule has 0 aliphatic heterocycles. The van der Waals surface area contributed by atoms with Gasteiger partial charge in [0.25, 0.3) is 5.91 Å². The van der Waals surface area contributed by atoms with Crippen LogP contribution in [-0.2, 0) is 9.53 Å². The first-order valence-electron chi connectivity index (χ1n) is 8.85. The summed E-state index contributed by atoms with van der Waals surface area (Å²) >= 11 is 12.0. The van der Waals surface area contributed by atoms with E-state index in [0.29, 0.717) is 22.3 Å². The number of nitrogens with zero attached hydrogens (tertiary/aromatic N) is 1. The number of nitrogens with one attached hydrogen (secondary N) is 2. The Kier molecular flexibility index (Phi) is 8.53. The van der Waals surface area contributed by atoms with Crippen molar-refractivity contribution >= 4 is 46.5 Å². The molecule has 0 aliphatic carbocycles. The predicted molar refractivity (Wildman–Crippen MR) is 114 cm³/mol. The molecule has 2 N–H and O–H groups in total. The number of rotatable bonds is 8. The van der Waals surface area contributed by atoms with E-state index in [0.717, 1.165) is 12.8 Å². The Bertz CT molecular complexity index is 968. The Morgan fingerprint density at radius 1 is 1.17 bits per heavy atom. The van der Waals surface area contributed by atoms with Crippen LogP contribution in [-0.4, -0.2) is 18.5 Å². The average molecular weight is 432 g/mol. The molecule has 0 saturated carbocycles. The molecule has 0 aromatic heterocycles. The van der Waals surface area contributed by atoms with Crippen LogP contribution in [0, 0.1) is 11.3 Å². The van der Waals surface area contributed by atoms with Crippen LogP contribution in [0.1, 0.15) is 30.1 Å². The maximum Gasteiger partial charge on any atom is 0.340 e. The van der Waals surface area contributed by atoms with Crippen molar-refractivity contribution in [1.29, 1.82) is 5.26 Å². The molecule has 0 unspecified atom stereocenters. The highest BCUT2D eigenvalue weighted by Gasteiger charge is 2.16. The fraction of sp³-hybridized carbons (Fsp3) is 0.190. The zero-order chi connectivity index (χ0) is 21.2. The van der Waals surface area contributed by atoms with E-state index in [2.05, 4.69) is 10.6 Å². The van der Waals surface area contributed by atoms with Gasteiger partial charge in [-0.3, -0.25) is 4.79 Å². The molecular formula is C21H19Cl2N3O3. The van der Waals surface area contributed by atoms with Crippen LogP contribution in [0.25, 0.3) is 0 Å². The minimum Gasteiger partial charge on any atom is -0.462 e. The third-order valence-electron chi connectivity index (χ3n) is 3.79. The van der Waals surface area contributed by atoms with Gasteiger partial charge in [0.15, 0.2) is 0 Å². The van der Waals surface area contributed by atoms with Crippen molar-refractivity contribution in [2.75, 3.05) is 17.2 Å². The SMILES string of the molecule is CCCCOC(=O)c1ccccc1NC(=O)/C(C#N)=C\Nc1cc(Cl)ccc1Cl. The number of hydrogen-bond donors (Lipinski definition) is 2. The first kappa shape index (κ1) is 22.3. The Morgan fingerprint density at radius 3 is 2.66 bits per heavy atom. The van der Waals surface area contributed by atoms with E-state index in [-0.39, 0.29) is 16.8 Å². The second-order valence-electron chi connectivity index (χ2n) is 5.93. The number of ether oxygens (including phenoxy) is 1. The van der Waals surface area contributed by atoms with Crippen molar-refractivity contribution in [1.82, 2.24) is 0 Å². The molecule has 2 rings (SSSR count). The highest BCUT2D eigenvalue weighted by atomic mass is 35.5. The van der Waals surface area contributed by atoms with E-state index in [9.17, 15) is 14.9 Å². The summed E-state index contributed by atoms with van der Waals surface area (Å²) in [5.41, 5.74) is 0.691. The molecule has 0 fully saturated rings. The van der Waals surface area contributed by atoms with Crippen molar-refractivity contribution < 1.29 is 14.3 Å². The maximum atomic E-state index is 12.5. The average Bonchev–Trinajstić information content (AvgIpc) is 2.71. The number of amides is 1. The minimum atomic E-state index is -0.688. The lowest BCUT2D eigenvalue weighted by Gasteiger charge is -2.11. The second kappa shape index (κ2) is 11.1. The lowest BCUT2D eigenvalue weighted by molar-refractivity contribution is -0.112. The zero-order valence-electron chi connectivity index (χ0n) is 15.7. The van der Waals surface area contributed by atoms with E-state index in [1.54, 1.807) is 42.5 Å². The number of anilines is 2. The molecule has 150 valence electrons. The lowest BCUT2D eigenvalue weighted by Crippen LogP contribution is -2.18. The number of benzene rings is 2. The molecule has 0 aliphatic rings. The molecule has 0 bridgehead atoms. The topological polar surface area (TPSA) is 91.2 Å². The first-order valence-corrected chi connectivity index (χ1v) is 9.61. The standard InChI is InChI=1S/C21H19Cl2N3O3/c1-2-3-10-29-21(28)16-6-4-5-7-18(16)26-20(27)14(12-24)13-25-19-11-15(22)8-9-17(19)23/h4-9,11,13,25H,2-3,10H2,1H3,(H,26,27)/b14-13-. The third-order valence-corrected chi connectivity index (χ3v) is 4.36. The summed E-state index contributed by atoms with van der Waals surface area (Å²) in [6.07, 6.45) is 2.86. The van der Waals surface area contributed by atoms with Gasteiger partial charge in [0, 0.05) is 11.2 Å². The summed E-state index contributed by atoms with van der Waals surface area (Å²) in [6, 6.07) is 13.0. The van der Waals surface area contributed by atoms with Crippen LogP contribution < -0.4 is 10.6 Å². The van der Waals surface area contributed by atoms with Crippen LogP contribution in [0.4, 0.5) is 11.4 Å². The smallest absolute Gasteiger partial charge is 0.340 e. The van der Waals surface area contributed by atoms with Gasteiger partial charge >= 0.3 is 5.97 Å². The molecule has 0 heterocycles. The molecule has 29 heavy (non-hydrogen) atoms. The number of hydrogen-bond acceptors (Lipinski definition) is 5. The minimum absolute atomic E-state index is 0.208. The van der Waals surface area contributed by atoms with Crippen LogP contribution in [0.15, 0.2) is 54.2 Å². The van der Waals surface area contributed by atoms with Crippen LogP contribution >= 0.6 is 23.2 Å². The fourth-order valence-electron chi connectivity index (χ4n) is 2.25. The maximum absolute atomic E-state index is 12.5. The molecule has 0 saturated heterocycles. The second-order valence-corrected chi connectivity index (χ2v) is 6.77. The molecule has 0 spiro atoms. The molecule has 6 nitrogen and oxygen atoms in total. The van der Waals surface area contributed by atoms with E-state index in [1.807, 2.05) is 13.0 Å². The Morgan fingerprint density at radius 2 is 1.93 bits per heavy atom. The number of carbonyl (C=O) groups is 2. The molecule has 8 heteroatoms. The summed E-state index contributed by atoms with van der Waals surface area (Å²) in [7, 11) is 0. The molecule has 0 radical (unpaired) electrons. The largest absolute Gasteiger partial charge is 0.462 e.